The molecule has 118 valence electrons. The third kappa shape index (κ3) is 3.68. The zero-order chi connectivity index (χ0) is 16.2. The van der Waals surface area contributed by atoms with Crippen LogP contribution < -0.4 is 10.6 Å². The summed E-state index contributed by atoms with van der Waals surface area (Å²) in [5.41, 5.74) is 3.65. The number of halogens is 1. The number of nitrogens with one attached hydrogen (secondary N) is 3. The Labute approximate surface area is 139 Å². The molecule has 0 radical (unpaired) electrons. The molecule has 1 heterocycles. The molecule has 3 N–H and O–H groups in total. The minimum atomic E-state index is -0.239. The number of aryl methyl sites for hydroxylation is 1. The molecule has 0 fully saturated rings. The Bertz CT molecular complexity index is 841. The van der Waals surface area contributed by atoms with Gasteiger partial charge in [0.25, 0.3) is 0 Å². The van der Waals surface area contributed by atoms with E-state index in [1.54, 1.807) is 13.0 Å². The van der Waals surface area contributed by atoms with E-state index >= 15 is 0 Å². The second-order valence-electron chi connectivity index (χ2n) is 5.45. The number of hydrogen-bond donors (Lipinski definition) is 3. The van der Waals surface area contributed by atoms with Crippen molar-refractivity contribution in [1.82, 2.24) is 10.3 Å². The van der Waals surface area contributed by atoms with Crippen molar-refractivity contribution in [2.24, 2.45) is 0 Å². The summed E-state index contributed by atoms with van der Waals surface area (Å²) in [5.74, 6) is -0.239. The van der Waals surface area contributed by atoms with Crippen LogP contribution in [0, 0.1) is 12.7 Å². The van der Waals surface area contributed by atoms with Crippen molar-refractivity contribution < 1.29 is 4.39 Å². The zero-order valence-corrected chi connectivity index (χ0v) is 13.6. The number of rotatable bonds is 4. The van der Waals surface area contributed by atoms with Gasteiger partial charge in [-0.25, -0.2) is 4.39 Å². The predicted octanol–water partition coefficient (Wildman–Crippen LogP) is 4.14. The fourth-order valence-corrected chi connectivity index (χ4v) is 2.71. The molecule has 0 spiro atoms. The smallest absolute Gasteiger partial charge is 0.170 e. The van der Waals surface area contributed by atoms with E-state index in [2.05, 4.69) is 27.8 Å². The molecule has 0 aliphatic carbocycles. The van der Waals surface area contributed by atoms with E-state index in [0.29, 0.717) is 22.9 Å². The second kappa shape index (κ2) is 6.79. The maximum atomic E-state index is 13.5. The molecule has 0 saturated heterocycles. The van der Waals surface area contributed by atoms with E-state index in [4.69, 9.17) is 12.2 Å². The highest BCUT2D eigenvalue weighted by Crippen LogP contribution is 2.17. The monoisotopic (exact) mass is 327 g/mol. The van der Waals surface area contributed by atoms with Crippen LogP contribution in [-0.4, -0.2) is 16.6 Å². The van der Waals surface area contributed by atoms with Gasteiger partial charge in [-0.15, -0.1) is 0 Å². The molecule has 0 amide bonds. The first-order valence-corrected chi connectivity index (χ1v) is 7.90. The lowest BCUT2D eigenvalue weighted by Crippen LogP contribution is -2.30. The molecule has 3 rings (SSSR count). The molecule has 2 aromatic carbocycles. The van der Waals surface area contributed by atoms with Crippen LogP contribution in [0.5, 0.6) is 0 Å². The molecule has 0 bridgehead atoms. The molecule has 0 unspecified atom stereocenters. The van der Waals surface area contributed by atoms with Gasteiger partial charge in [-0.3, -0.25) is 0 Å². The Hall–Kier alpha value is -2.40. The second-order valence-corrected chi connectivity index (χ2v) is 5.86. The zero-order valence-electron chi connectivity index (χ0n) is 12.8. The summed E-state index contributed by atoms with van der Waals surface area (Å²) in [6, 6.07) is 13.2. The number of aromatic nitrogens is 1. The van der Waals surface area contributed by atoms with Gasteiger partial charge in [0, 0.05) is 29.3 Å². The van der Waals surface area contributed by atoms with Crippen molar-refractivity contribution in [2.45, 2.75) is 13.3 Å². The van der Waals surface area contributed by atoms with Crippen LogP contribution in [0.25, 0.3) is 10.9 Å². The van der Waals surface area contributed by atoms with Crippen molar-refractivity contribution in [2.75, 3.05) is 11.9 Å². The van der Waals surface area contributed by atoms with E-state index in [1.165, 1.54) is 17.0 Å². The quantitative estimate of drug-likeness (QED) is 0.631. The molecule has 0 atom stereocenters. The van der Waals surface area contributed by atoms with Gasteiger partial charge in [0.2, 0.25) is 0 Å². The van der Waals surface area contributed by atoms with Crippen LogP contribution in [0.2, 0.25) is 0 Å². The van der Waals surface area contributed by atoms with Crippen LogP contribution in [0.1, 0.15) is 11.1 Å². The average Bonchev–Trinajstić information content (AvgIpc) is 2.94. The third-order valence-corrected chi connectivity index (χ3v) is 4.03. The van der Waals surface area contributed by atoms with Crippen LogP contribution in [-0.2, 0) is 6.42 Å². The molecular formula is C18H18FN3S. The maximum absolute atomic E-state index is 13.5. The van der Waals surface area contributed by atoms with E-state index in [9.17, 15) is 4.39 Å². The summed E-state index contributed by atoms with van der Waals surface area (Å²) < 4.78 is 13.5. The van der Waals surface area contributed by atoms with Crippen molar-refractivity contribution in [3.05, 3.63) is 65.6 Å². The van der Waals surface area contributed by atoms with Crippen molar-refractivity contribution >= 4 is 33.9 Å². The minimum Gasteiger partial charge on any atom is -0.362 e. The number of thiocarbonyl (C=S) groups is 1. The molecule has 3 aromatic rings. The SMILES string of the molecule is Cc1ccc(NC(=S)NCCc2c[nH]c3ccccc23)cc1F. The number of para-hydroxylation sites is 1. The highest BCUT2D eigenvalue weighted by Gasteiger charge is 2.04. The lowest BCUT2D eigenvalue weighted by Gasteiger charge is -2.11. The van der Waals surface area contributed by atoms with Crippen molar-refractivity contribution in [3.63, 3.8) is 0 Å². The van der Waals surface area contributed by atoms with Gasteiger partial charge >= 0.3 is 0 Å². The molecular weight excluding hydrogens is 309 g/mol. The standard InChI is InChI=1S/C18H18FN3S/c1-12-6-7-14(10-16(12)19)22-18(23)20-9-8-13-11-21-17-5-3-2-4-15(13)17/h2-7,10-11,21H,8-9H2,1H3,(H2,20,22,23). The van der Waals surface area contributed by atoms with Crippen LogP contribution in [0.15, 0.2) is 48.7 Å². The Morgan fingerprint density at radius 3 is 2.87 bits per heavy atom. The average molecular weight is 327 g/mol. The number of H-pyrrole nitrogens is 1. The van der Waals surface area contributed by atoms with Gasteiger partial charge in [-0.05, 0) is 54.9 Å². The van der Waals surface area contributed by atoms with E-state index in [0.717, 1.165) is 11.9 Å². The Kier molecular flexibility index (Phi) is 4.57. The number of benzene rings is 2. The fourth-order valence-electron chi connectivity index (χ4n) is 2.50. The lowest BCUT2D eigenvalue weighted by atomic mass is 10.1. The van der Waals surface area contributed by atoms with Gasteiger partial charge < -0.3 is 15.6 Å². The first-order chi connectivity index (χ1) is 11.1. The molecule has 23 heavy (non-hydrogen) atoms. The largest absolute Gasteiger partial charge is 0.362 e. The van der Waals surface area contributed by atoms with E-state index in [-0.39, 0.29) is 5.82 Å². The highest BCUT2D eigenvalue weighted by molar-refractivity contribution is 7.80. The summed E-state index contributed by atoms with van der Waals surface area (Å²) >= 11 is 5.25. The molecule has 0 saturated carbocycles. The number of anilines is 1. The number of fused-ring (bicyclic) bond motifs is 1. The summed E-state index contributed by atoms with van der Waals surface area (Å²) in [7, 11) is 0. The summed E-state index contributed by atoms with van der Waals surface area (Å²) in [4.78, 5) is 3.26. The Morgan fingerprint density at radius 1 is 1.22 bits per heavy atom. The normalized spacial score (nSPS) is 10.7. The molecule has 3 nitrogen and oxygen atoms in total. The van der Waals surface area contributed by atoms with Gasteiger partial charge in [0.1, 0.15) is 5.82 Å². The predicted molar refractivity (Wildman–Crippen MR) is 97.4 cm³/mol. The summed E-state index contributed by atoms with van der Waals surface area (Å²) in [6.45, 7) is 2.44. The van der Waals surface area contributed by atoms with Gasteiger partial charge in [-0.1, -0.05) is 24.3 Å². The first-order valence-electron chi connectivity index (χ1n) is 7.49. The Balaban J connectivity index is 1.54. The highest BCUT2D eigenvalue weighted by atomic mass is 32.1. The topological polar surface area (TPSA) is 39.8 Å². The maximum Gasteiger partial charge on any atom is 0.170 e. The van der Waals surface area contributed by atoms with E-state index in [1.807, 2.05) is 24.4 Å². The van der Waals surface area contributed by atoms with Gasteiger partial charge in [0.15, 0.2) is 5.11 Å². The molecule has 0 aliphatic rings. The fraction of sp³-hybridized carbons (Fsp3) is 0.167. The summed E-state index contributed by atoms with van der Waals surface area (Å²) in [6.07, 6.45) is 2.88. The minimum absolute atomic E-state index is 0.239. The van der Waals surface area contributed by atoms with Crippen LogP contribution in [0.4, 0.5) is 10.1 Å². The van der Waals surface area contributed by atoms with Crippen LogP contribution in [0.3, 0.4) is 0 Å². The molecule has 0 aliphatic heterocycles. The number of aromatic amines is 1. The Morgan fingerprint density at radius 2 is 2.04 bits per heavy atom. The van der Waals surface area contributed by atoms with Crippen LogP contribution >= 0.6 is 12.2 Å². The lowest BCUT2D eigenvalue weighted by molar-refractivity contribution is 0.619. The third-order valence-electron chi connectivity index (χ3n) is 3.78. The summed E-state index contributed by atoms with van der Waals surface area (Å²) in [5, 5.41) is 7.88. The van der Waals surface area contributed by atoms with E-state index < -0.39 is 0 Å². The van der Waals surface area contributed by atoms with Gasteiger partial charge in [0.05, 0.1) is 0 Å². The number of hydrogen-bond acceptors (Lipinski definition) is 1. The molecule has 1 aromatic heterocycles. The van der Waals surface area contributed by atoms with Crippen molar-refractivity contribution in [1.29, 1.82) is 0 Å². The van der Waals surface area contributed by atoms with Crippen molar-refractivity contribution in [3.8, 4) is 0 Å². The van der Waals surface area contributed by atoms with Gasteiger partial charge in [-0.2, -0.15) is 0 Å². The first kappa shape index (κ1) is 15.5. The molecule has 5 heteroatoms.